The number of carbonyl (C=O) groups is 1. The Balaban J connectivity index is 2.53. The Hall–Kier alpha value is -1.55. The summed E-state index contributed by atoms with van der Waals surface area (Å²) in [4.78, 5) is 13.1. The molecule has 0 aromatic heterocycles. The molecule has 18 heavy (non-hydrogen) atoms. The lowest BCUT2D eigenvalue weighted by atomic mass is 10.1. The average molecular weight is 251 g/mol. The zero-order valence-corrected chi connectivity index (χ0v) is 11.3. The van der Waals surface area contributed by atoms with E-state index in [1.54, 1.807) is 25.1 Å². The highest BCUT2D eigenvalue weighted by Crippen LogP contribution is 2.17. The van der Waals surface area contributed by atoms with E-state index in [9.17, 15) is 4.79 Å². The molecule has 1 aromatic carbocycles. The van der Waals surface area contributed by atoms with Crippen LogP contribution in [-0.4, -0.2) is 42.2 Å². The van der Waals surface area contributed by atoms with E-state index in [4.69, 9.17) is 9.84 Å². The summed E-state index contributed by atoms with van der Waals surface area (Å²) < 4.78 is 5.62. The molecule has 0 aliphatic rings. The first kappa shape index (κ1) is 14.5. The van der Waals surface area contributed by atoms with Crippen LogP contribution in [0.2, 0.25) is 0 Å². The molecule has 100 valence electrons. The summed E-state index contributed by atoms with van der Waals surface area (Å²) >= 11 is 0. The third-order valence-corrected chi connectivity index (χ3v) is 3.00. The van der Waals surface area contributed by atoms with Gasteiger partial charge in [-0.3, -0.25) is 0 Å². The van der Waals surface area contributed by atoms with Crippen molar-refractivity contribution in [3.05, 3.63) is 29.3 Å². The molecule has 0 heterocycles. The third-order valence-electron chi connectivity index (χ3n) is 3.00. The van der Waals surface area contributed by atoms with Gasteiger partial charge < -0.3 is 14.7 Å². The Labute approximate surface area is 108 Å². The molecule has 0 radical (unpaired) electrons. The summed E-state index contributed by atoms with van der Waals surface area (Å²) in [5.41, 5.74) is 1.05. The number of aromatic carboxylic acids is 1. The van der Waals surface area contributed by atoms with Crippen LogP contribution >= 0.6 is 0 Å². The number of carboxylic acid groups (broad SMARTS) is 1. The molecule has 4 heteroatoms. The molecular formula is C14H21NO3. The van der Waals surface area contributed by atoms with E-state index < -0.39 is 5.97 Å². The maximum absolute atomic E-state index is 10.9. The first-order valence-electron chi connectivity index (χ1n) is 6.27. The fourth-order valence-electron chi connectivity index (χ4n) is 1.80. The van der Waals surface area contributed by atoms with Crippen molar-refractivity contribution >= 4 is 5.97 Å². The van der Waals surface area contributed by atoms with Crippen LogP contribution in [0.1, 0.15) is 29.8 Å². The van der Waals surface area contributed by atoms with Crippen LogP contribution < -0.4 is 4.74 Å². The van der Waals surface area contributed by atoms with Crippen molar-refractivity contribution in [2.75, 3.05) is 26.2 Å². The number of ether oxygens (including phenoxy) is 1. The molecule has 0 saturated carbocycles. The van der Waals surface area contributed by atoms with Gasteiger partial charge in [0.25, 0.3) is 0 Å². The number of aryl methyl sites for hydroxylation is 1. The number of hydrogen-bond donors (Lipinski definition) is 1. The number of benzene rings is 1. The molecule has 0 bridgehead atoms. The van der Waals surface area contributed by atoms with Crippen LogP contribution in [0, 0.1) is 6.92 Å². The molecule has 0 spiro atoms. The zero-order valence-electron chi connectivity index (χ0n) is 11.3. The van der Waals surface area contributed by atoms with Gasteiger partial charge >= 0.3 is 5.97 Å². The van der Waals surface area contributed by atoms with E-state index in [1.165, 1.54) is 0 Å². The lowest BCUT2D eigenvalue weighted by molar-refractivity contribution is 0.0696. The van der Waals surface area contributed by atoms with Crippen LogP contribution in [0.3, 0.4) is 0 Å². The number of carboxylic acids is 1. The lowest BCUT2D eigenvalue weighted by Crippen LogP contribution is -2.27. The minimum atomic E-state index is -0.901. The van der Waals surface area contributed by atoms with Crippen LogP contribution in [0.5, 0.6) is 5.75 Å². The van der Waals surface area contributed by atoms with Crippen molar-refractivity contribution in [3.63, 3.8) is 0 Å². The topological polar surface area (TPSA) is 49.8 Å². The molecule has 0 fully saturated rings. The highest BCUT2D eigenvalue weighted by molar-refractivity contribution is 5.89. The molecule has 0 atom stereocenters. The molecule has 0 amide bonds. The molecule has 4 nitrogen and oxygen atoms in total. The van der Waals surface area contributed by atoms with Gasteiger partial charge in [0.05, 0.1) is 5.56 Å². The quantitative estimate of drug-likeness (QED) is 0.808. The lowest BCUT2D eigenvalue weighted by Gasteiger charge is -2.18. The number of rotatable bonds is 7. The molecule has 0 unspecified atom stereocenters. The van der Waals surface area contributed by atoms with Gasteiger partial charge in [0.15, 0.2) is 0 Å². The molecule has 1 aromatic rings. The fourth-order valence-corrected chi connectivity index (χ4v) is 1.80. The van der Waals surface area contributed by atoms with Crippen molar-refractivity contribution in [3.8, 4) is 5.75 Å². The monoisotopic (exact) mass is 251 g/mol. The first-order valence-corrected chi connectivity index (χ1v) is 6.27. The normalized spacial score (nSPS) is 10.7. The minimum Gasteiger partial charge on any atom is -0.492 e. The highest BCUT2D eigenvalue weighted by atomic mass is 16.5. The SMILES string of the molecule is CCN(CC)CCOc1ccc(C(=O)O)c(C)c1. The van der Waals surface area contributed by atoms with Gasteiger partial charge in [0.1, 0.15) is 12.4 Å². The average Bonchev–Trinajstić information content (AvgIpc) is 2.34. The Morgan fingerprint density at radius 1 is 1.33 bits per heavy atom. The maximum Gasteiger partial charge on any atom is 0.335 e. The largest absolute Gasteiger partial charge is 0.492 e. The predicted molar refractivity (Wildman–Crippen MR) is 71.4 cm³/mol. The first-order chi connectivity index (χ1) is 8.58. The molecule has 1 rings (SSSR count). The molecule has 0 aliphatic heterocycles. The smallest absolute Gasteiger partial charge is 0.335 e. The van der Waals surface area contributed by atoms with Crippen LogP contribution in [0.4, 0.5) is 0 Å². The second-order valence-electron chi connectivity index (χ2n) is 4.16. The summed E-state index contributed by atoms with van der Waals surface area (Å²) in [6, 6.07) is 5.06. The third kappa shape index (κ3) is 4.04. The summed E-state index contributed by atoms with van der Waals surface area (Å²) in [6.45, 7) is 9.54. The molecule has 1 N–H and O–H groups in total. The fraction of sp³-hybridized carbons (Fsp3) is 0.500. The maximum atomic E-state index is 10.9. The van der Waals surface area contributed by atoms with Crippen LogP contribution in [0.15, 0.2) is 18.2 Å². The van der Waals surface area contributed by atoms with E-state index >= 15 is 0 Å². The van der Waals surface area contributed by atoms with E-state index in [0.29, 0.717) is 12.2 Å². The number of nitrogens with zero attached hydrogens (tertiary/aromatic N) is 1. The van der Waals surface area contributed by atoms with E-state index in [-0.39, 0.29) is 0 Å². The Kier molecular flexibility index (Phi) is 5.65. The number of likely N-dealkylation sites (N-methyl/N-ethyl adjacent to an activating group) is 1. The zero-order chi connectivity index (χ0) is 13.5. The van der Waals surface area contributed by atoms with Crippen molar-refractivity contribution in [1.29, 1.82) is 0 Å². The molecular weight excluding hydrogens is 230 g/mol. The van der Waals surface area contributed by atoms with Crippen molar-refractivity contribution in [2.45, 2.75) is 20.8 Å². The minimum absolute atomic E-state index is 0.325. The van der Waals surface area contributed by atoms with Gasteiger partial charge in [-0.25, -0.2) is 4.79 Å². The summed E-state index contributed by atoms with van der Waals surface area (Å²) in [5.74, 6) is -0.174. The summed E-state index contributed by atoms with van der Waals surface area (Å²) in [5, 5.41) is 8.92. The highest BCUT2D eigenvalue weighted by Gasteiger charge is 2.07. The number of hydrogen-bond acceptors (Lipinski definition) is 3. The second-order valence-corrected chi connectivity index (χ2v) is 4.16. The van der Waals surface area contributed by atoms with Crippen molar-refractivity contribution < 1.29 is 14.6 Å². The standard InChI is InChI=1S/C14H21NO3/c1-4-15(5-2)8-9-18-12-6-7-13(14(16)17)11(3)10-12/h6-7,10H,4-5,8-9H2,1-3H3,(H,16,17). The van der Waals surface area contributed by atoms with Gasteiger partial charge in [-0.1, -0.05) is 13.8 Å². The van der Waals surface area contributed by atoms with Gasteiger partial charge in [-0.05, 0) is 43.8 Å². The van der Waals surface area contributed by atoms with Crippen LogP contribution in [0.25, 0.3) is 0 Å². The second kappa shape index (κ2) is 7.01. The Morgan fingerprint density at radius 2 is 2.00 bits per heavy atom. The van der Waals surface area contributed by atoms with E-state index in [2.05, 4.69) is 18.7 Å². The summed E-state index contributed by atoms with van der Waals surface area (Å²) in [6.07, 6.45) is 0. The van der Waals surface area contributed by atoms with E-state index in [1.807, 2.05) is 0 Å². The van der Waals surface area contributed by atoms with Gasteiger partial charge in [0, 0.05) is 6.54 Å². The Bertz CT molecular complexity index is 400. The van der Waals surface area contributed by atoms with Crippen molar-refractivity contribution in [1.82, 2.24) is 4.90 Å². The van der Waals surface area contributed by atoms with Crippen molar-refractivity contribution in [2.24, 2.45) is 0 Å². The Morgan fingerprint density at radius 3 is 2.50 bits per heavy atom. The molecule has 0 saturated heterocycles. The van der Waals surface area contributed by atoms with Gasteiger partial charge in [-0.15, -0.1) is 0 Å². The predicted octanol–water partition coefficient (Wildman–Crippen LogP) is 2.41. The van der Waals surface area contributed by atoms with Gasteiger partial charge in [0.2, 0.25) is 0 Å². The van der Waals surface area contributed by atoms with E-state index in [0.717, 1.165) is 30.9 Å². The molecule has 0 aliphatic carbocycles. The van der Waals surface area contributed by atoms with Crippen LogP contribution in [-0.2, 0) is 0 Å². The van der Waals surface area contributed by atoms with Gasteiger partial charge in [-0.2, -0.15) is 0 Å². The summed E-state index contributed by atoms with van der Waals surface area (Å²) in [7, 11) is 0.